The number of nitrogens with zero attached hydrogens (tertiary/aromatic N) is 2. The van der Waals surface area contributed by atoms with E-state index in [-0.39, 0.29) is 17.7 Å². The van der Waals surface area contributed by atoms with E-state index >= 15 is 0 Å². The molecule has 1 saturated carbocycles. The van der Waals surface area contributed by atoms with E-state index in [2.05, 4.69) is 15.5 Å². The minimum Gasteiger partial charge on any atom is -0.409 e. The molecule has 6 nitrogen and oxygen atoms in total. The number of rotatable bonds is 4. The quantitative estimate of drug-likeness (QED) is 0.341. The van der Waals surface area contributed by atoms with Gasteiger partial charge >= 0.3 is 0 Å². The highest BCUT2D eigenvalue weighted by molar-refractivity contribution is 5.98. The van der Waals surface area contributed by atoms with Gasteiger partial charge in [-0.05, 0) is 37.8 Å². The van der Waals surface area contributed by atoms with Crippen LogP contribution in [0.4, 0.5) is 0 Å². The highest BCUT2D eigenvalue weighted by atomic mass is 16.4. The molecule has 2 rings (SSSR count). The van der Waals surface area contributed by atoms with Crippen LogP contribution in [0.15, 0.2) is 23.5 Å². The van der Waals surface area contributed by atoms with Crippen molar-refractivity contribution in [1.29, 1.82) is 0 Å². The standard InChI is InChI=1S/C15H22N4O2/c1-10-9-12(7-8-17-10)15(20)18-13(14(16)19-21)11-5-3-2-4-6-11/h7-9,11,13,21H,2-6H2,1H3,(H2,16,19)(H,18,20). The SMILES string of the molecule is Cc1cc(C(=O)NC(/C(N)=N/O)C2CCCCC2)ccn1. The first-order chi connectivity index (χ1) is 10.1. The third-order valence-corrected chi connectivity index (χ3v) is 4.00. The first kappa shape index (κ1) is 15.3. The lowest BCUT2D eigenvalue weighted by molar-refractivity contribution is 0.0930. The van der Waals surface area contributed by atoms with Gasteiger partial charge in [0.1, 0.15) is 0 Å². The Hall–Kier alpha value is -2.11. The number of hydrogen-bond donors (Lipinski definition) is 3. The number of aromatic nitrogens is 1. The van der Waals surface area contributed by atoms with E-state index in [9.17, 15) is 4.79 Å². The van der Waals surface area contributed by atoms with Crippen molar-refractivity contribution in [3.63, 3.8) is 0 Å². The molecule has 1 aliphatic rings. The molecule has 1 aromatic rings. The number of oxime groups is 1. The Morgan fingerprint density at radius 1 is 1.48 bits per heavy atom. The fraction of sp³-hybridized carbons (Fsp3) is 0.533. The molecular weight excluding hydrogens is 268 g/mol. The lowest BCUT2D eigenvalue weighted by atomic mass is 9.83. The van der Waals surface area contributed by atoms with Gasteiger partial charge in [0.05, 0.1) is 6.04 Å². The van der Waals surface area contributed by atoms with Crippen molar-refractivity contribution in [2.24, 2.45) is 16.8 Å². The van der Waals surface area contributed by atoms with Crippen molar-refractivity contribution in [2.45, 2.75) is 45.1 Å². The van der Waals surface area contributed by atoms with E-state index in [0.29, 0.717) is 5.56 Å². The summed E-state index contributed by atoms with van der Waals surface area (Å²) in [5.41, 5.74) is 7.09. The van der Waals surface area contributed by atoms with Gasteiger partial charge in [-0.1, -0.05) is 24.4 Å². The molecule has 6 heteroatoms. The predicted molar refractivity (Wildman–Crippen MR) is 80.2 cm³/mol. The molecule has 1 aromatic heterocycles. The number of amides is 1. The Labute approximate surface area is 124 Å². The summed E-state index contributed by atoms with van der Waals surface area (Å²) in [4.78, 5) is 16.4. The second kappa shape index (κ2) is 7.06. The Kier molecular flexibility index (Phi) is 5.14. The van der Waals surface area contributed by atoms with Crippen molar-refractivity contribution < 1.29 is 10.0 Å². The molecule has 114 valence electrons. The summed E-state index contributed by atoms with van der Waals surface area (Å²) in [6.07, 6.45) is 7.00. The fourth-order valence-electron chi connectivity index (χ4n) is 2.87. The third-order valence-electron chi connectivity index (χ3n) is 4.00. The molecule has 1 atom stereocenters. The Bertz CT molecular complexity index is 524. The van der Waals surface area contributed by atoms with Crippen molar-refractivity contribution in [3.05, 3.63) is 29.6 Å². The van der Waals surface area contributed by atoms with Crippen molar-refractivity contribution in [2.75, 3.05) is 0 Å². The maximum atomic E-state index is 12.3. The summed E-state index contributed by atoms with van der Waals surface area (Å²) < 4.78 is 0. The molecule has 0 radical (unpaired) electrons. The summed E-state index contributed by atoms with van der Waals surface area (Å²) in [6.45, 7) is 1.83. The zero-order chi connectivity index (χ0) is 15.2. The predicted octanol–water partition coefficient (Wildman–Crippen LogP) is 1.82. The summed E-state index contributed by atoms with van der Waals surface area (Å²) in [5.74, 6) is 0.0743. The average Bonchev–Trinajstić information content (AvgIpc) is 2.52. The Morgan fingerprint density at radius 3 is 2.81 bits per heavy atom. The molecule has 1 unspecified atom stereocenters. The van der Waals surface area contributed by atoms with Crippen LogP contribution < -0.4 is 11.1 Å². The monoisotopic (exact) mass is 290 g/mol. The molecule has 1 heterocycles. The second-order valence-corrected chi connectivity index (χ2v) is 5.56. The molecule has 0 bridgehead atoms. The number of nitrogens with one attached hydrogen (secondary N) is 1. The molecule has 1 amide bonds. The largest absolute Gasteiger partial charge is 0.409 e. The van der Waals surface area contributed by atoms with Crippen LogP contribution in [0.25, 0.3) is 0 Å². The topological polar surface area (TPSA) is 101 Å². The zero-order valence-corrected chi connectivity index (χ0v) is 12.2. The number of nitrogens with two attached hydrogens (primary N) is 1. The van der Waals surface area contributed by atoms with E-state index in [1.807, 2.05) is 6.92 Å². The van der Waals surface area contributed by atoms with Gasteiger partial charge in [-0.3, -0.25) is 9.78 Å². The maximum Gasteiger partial charge on any atom is 0.252 e. The van der Waals surface area contributed by atoms with Gasteiger partial charge in [-0.15, -0.1) is 0 Å². The zero-order valence-electron chi connectivity index (χ0n) is 12.2. The van der Waals surface area contributed by atoms with Crippen LogP contribution in [0.5, 0.6) is 0 Å². The molecule has 1 fully saturated rings. The number of hydrogen-bond acceptors (Lipinski definition) is 4. The summed E-state index contributed by atoms with van der Waals surface area (Å²) in [5, 5.41) is 15.0. The van der Waals surface area contributed by atoms with E-state index < -0.39 is 6.04 Å². The highest BCUT2D eigenvalue weighted by Crippen LogP contribution is 2.26. The first-order valence-electron chi connectivity index (χ1n) is 7.32. The van der Waals surface area contributed by atoms with Crippen LogP contribution in [0.1, 0.15) is 48.2 Å². The minimum absolute atomic E-state index is 0.0704. The lowest BCUT2D eigenvalue weighted by Crippen LogP contribution is -2.49. The highest BCUT2D eigenvalue weighted by Gasteiger charge is 2.28. The van der Waals surface area contributed by atoms with Crippen LogP contribution >= 0.6 is 0 Å². The molecule has 1 aliphatic carbocycles. The van der Waals surface area contributed by atoms with Crippen LogP contribution in [0.3, 0.4) is 0 Å². The van der Waals surface area contributed by atoms with Gasteiger partial charge in [0.15, 0.2) is 5.84 Å². The van der Waals surface area contributed by atoms with Gasteiger partial charge < -0.3 is 16.3 Å². The van der Waals surface area contributed by atoms with Gasteiger partial charge in [0.25, 0.3) is 5.91 Å². The number of carbonyl (C=O) groups excluding carboxylic acids is 1. The summed E-state index contributed by atoms with van der Waals surface area (Å²) >= 11 is 0. The average molecular weight is 290 g/mol. The molecule has 21 heavy (non-hydrogen) atoms. The van der Waals surface area contributed by atoms with E-state index in [1.54, 1.807) is 18.3 Å². The normalized spacial score (nSPS) is 18.2. The van der Waals surface area contributed by atoms with Crippen LogP contribution in [0, 0.1) is 12.8 Å². The number of pyridine rings is 1. The van der Waals surface area contributed by atoms with E-state index in [0.717, 1.165) is 31.4 Å². The van der Waals surface area contributed by atoms with Crippen LogP contribution in [-0.2, 0) is 0 Å². The first-order valence-corrected chi connectivity index (χ1v) is 7.32. The van der Waals surface area contributed by atoms with Gasteiger partial charge in [-0.2, -0.15) is 0 Å². The second-order valence-electron chi connectivity index (χ2n) is 5.56. The maximum absolute atomic E-state index is 12.3. The third kappa shape index (κ3) is 3.93. The molecule has 4 N–H and O–H groups in total. The van der Waals surface area contributed by atoms with Crippen LogP contribution in [0.2, 0.25) is 0 Å². The minimum atomic E-state index is -0.420. The summed E-state index contributed by atoms with van der Waals surface area (Å²) in [7, 11) is 0. The summed E-state index contributed by atoms with van der Waals surface area (Å²) in [6, 6.07) is 2.96. The van der Waals surface area contributed by atoms with Gasteiger partial charge in [0.2, 0.25) is 0 Å². The molecule has 0 aliphatic heterocycles. The lowest BCUT2D eigenvalue weighted by Gasteiger charge is -2.30. The molecule has 0 aromatic carbocycles. The van der Waals surface area contributed by atoms with Gasteiger partial charge in [0, 0.05) is 17.5 Å². The molecular formula is C15H22N4O2. The Balaban J connectivity index is 2.12. The van der Waals surface area contributed by atoms with Crippen molar-refractivity contribution in [1.82, 2.24) is 10.3 Å². The van der Waals surface area contributed by atoms with Crippen molar-refractivity contribution in [3.8, 4) is 0 Å². The van der Waals surface area contributed by atoms with Gasteiger partial charge in [-0.25, -0.2) is 0 Å². The Morgan fingerprint density at radius 2 is 2.19 bits per heavy atom. The smallest absolute Gasteiger partial charge is 0.252 e. The number of carbonyl (C=O) groups is 1. The van der Waals surface area contributed by atoms with E-state index in [4.69, 9.17) is 10.9 Å². The molecule has 0 saturated heterocycles. The number of amidine groups is 1. The van der Waals surface area contributed by atoms with E-state index in [1.165, 1.54) is 6.42 Å². The van der Waals surface area contributed by atoms with Crippen LogP contribution in [-0.4, -0.2) is 28.0 Å². The van der Waals surface area contributed by atoms with Crippen molar-refractivity contribution >= 4 is 11.7 Å². The molecule has 0 spiro atoms. The number of aryl methyl sites for hydroxylation is 1. The fourth-order valence-corrected chi connectivity index (χ4v) is 2.87.